The Bertz CT molecular complexity index is 2990. The maximum atomic E-state index is 14.8. The molecule has 3 aromatic heterocycles. The highest BCUT2D eigenvalue weighted by molar-refractivity contribution is 7.17. The van der Waals surface area contributed by atoms with Crippen LogP contribution in [0.1, 0.15) is 80.9 Å². The highest BCUT2D eigenvalue weighted by atomic mass is 35.5. The van der Waals surface area contributed by atoms with Crippen molar-refractivity contribution >= 4 is 91.9 Å². The van der Waals surface area contributed by atoms with Gasteiger partial charge in [-0.25, -0.2) is 28.5 Å². The van der Waals surface area contributed by atoms with Crippen molar-refractivity contribution in [1.82, 2.24) is 49.8 Å². The number of likely N-dealkylation sites (N-methyl/N-ethyl adjacent to an activating group) is 1. The Morgan fingerprint density at radius 2 is 1.61 bits per heavy atom. The van der Waals surface area contributed by atoms with Gasteiger partial charge in [-0.1, -0.05) is 54.3 Å². The molecule has 1 aliphatic carbocycles. The molecule has 25 heteroatoms. The number of nitrogens with one attached hydrogen (secondary N) is 4. The molecule has 77 heavy (non-hydrogen) atoms. The predicted octanol–water partition coefficient (Wildman–Crippen LogP) is 5.89. The molecule has 1 saturated carbocycles. The number of nitrogens with zero attached hydrogens (tertiary/aromatic N) is 9. The van der Waals surface area contributed by atoms with E-state index < -0.39 is 47.5 Å². The third-order valence-corrected chi connectivity index (χ3v) is 15.8. The third-order valence-electron chi connectivity index (χ3n) is 14.5. The average molecular weight is 1100 g/mol. The fourth-order valence-corrected chi connectivity index (χ4v) is 10.9. The summed E-state index contributed by atoms with van der Waals surface area (Å²) >= 11 is 7.49. The maximum absolute atomic E-state index is 14.8. The Hall–Kier alpha value is -7.02. The number of thiazole rings is 1. The number of rotatable bonds is 18. The molecule has 3 aliphatic rings. The molecule has 2 atom stereocenters. The van der Waals surface area contributed by atoms with Crippen LogP contribution in [0.15, 0.2) is 42.6 Å². The Morgan fingerprint density at radius 1 is 0.909 bits per heavy atom. The molecule has 5 heterocycles. The molecule has 2 aromatic carbocycles. The quantitative estimate of drug-likeness (QED) is 0.0644. The SMILES string of the molecule is Cc1nc(Nc2ncc(C(=O)Nc3c(C)cccc3Cl)s2)cc(N2CCN(CCOCCNC(=O)c3c(C(=O)N4CCN(C(=O)[C@@H](NC(=O)[C@H](C)N(C)C(=O)O)C5CCCCC5)CC4)n(C)c4cc(F)c(F)cc34)CC2)n1. The second-order valence-electron chi connectivity index (χ2n) is 19.5. The van der Waals surface area contributed by atoms with E-state index in [0.29, 0.717) is 58.6 Å². The number of fused-ring (bicyclic) bond motifs is 1. The lowest BCUT2D eigenvalue weighted by molar-refractivity contribution is -0.140. The fraction of sp³-hybridized carbons (Fsp3) is 0.481. The van der Waals surface area contributed by atoms with Crippen LogP contribution in [0.2, 0.25) is 5.02 Å². The molecule has 0 spiro atoms. The maximum Gasteiger partial charge on any atom is 0.407 e. The molecular formula is C52H64ClF2N13O8S. The zero-order valence-corrected chi connectivity index (χ0v) is 45.2. The van der Waals surface area contributed by atoms with Gasteiger partial charge in [-0.2, -0.15) is 0 Å². The van der Waals surface area contributed by atoms with E-state index in [2.05, 4.69) is 46.0 Å². The van der Waals surface area contributed by atoms with E-state index in [1.165, 1.54) is 48.0 Å². The van der Waals surface area contributed by atoms with Gasteiger partial charge in [0.05, 0.1) is 41.2 Å². The standard InChI is InChI=1S/C52H64ClF2N13O8S/c1-30-10-9-13-35(53)43(30)61-47(70)39-29-57-51(77-39)60-40-28-41(59-32(3)58-40)66-17-15-65(16-18-66)23-25-76-24-14-56-48(71)42-34-26-36(54)37(55)27-38(34)64(5)45(42)50(73)68-21-19-67(20-22-68)49(72)44(33-11-7-6-8-12-33)62-46(69)31(2)63(4)52(74)75/h9-10,13,26-29,31,33,44H,6-8,11-12,14-25H2,1-5H3,(H,56,71)(H,61,70)(H,62,69)(H,74,75)(H,57,58,59,60)/t31-,44-/m0/s1. The van der Waals surface area contributed by atoms with E-state index in [9.17, 15) is 42.7 Å². The van der Waals surface area contributed by atoms with Crippen LogP contribution in [-0.2, 0) is 21.4 Å². The molecule has 2 saturated heterocycles. The van der Waals surface area contributed by atoms with Gasteiger partial charge < -0.3 is 50.4 Å². The second-order valence-corrected chi connectivity index (χ2v) is 21.0. The molecule has 2 aliphatic heterocycles. The summed E-state index contributed by atoms with van der Waals surface area (Å²) in [7, 11) is 2.79. The van der Waals surface area contributed by atoms with E-state index in [0.717, 1.165) is 73.6 Å². The number of para-hydroxylation sites is 1. The molecule has 412 valence electrons. The molecule has 21 nitrogen and oxygen atoms in total. The highest BCUT2D eigenvalue weighted by Crippen LogP contribution is 2.32. The van der Waals surface area contributed by atoms with Crippen molar-refractivity contribution in [3.63, 3.8) is 0 Å². The van der Waals surface area contributed by atoms with E-state index in [-0.39, 0.29) is 79.2 Å². The summed E-state index contributed by atoms with van der Waals surface area (Å²) in [5.41, 5.74) is 1.34. The lowest BCUT2D eigenvalue weighted by atomic mass is 9.83. The van der Waals surface area contributed by atoms with E-state index >= 15 is 0 Å². The smallest absolute Gasteiger partial charge is 0.407 e. The number of carbonyl (C=O) groups excluding carboxylic acids is 5. The minimum atomic E-state index is -1.28. The summed E-state index contributed by atoms with van der Waals surface area (Å²) in [6, 6.07) is 7.19. The van der Waals surface area contributed by atoms with Gasteiger partial charge in [0.25, 0.3) is 17.7 Å². The monoisotopic (exact) mass is 1100 g/mol. The van der Waals surface area contributed by atoms with E-state index in [1.54, 1.807) is 11.0 Å². The van der Waals surface area contributed by atoms with Gasteiger partial charge in [-0.15, -0.1) is 0 Å². The van der Waals surface area contributed by atoms with E-state index in [1.807, 2.05) is 32.0 Å². The first kappa shape index (κ1) is 56.2. The van der Waals surface area contributed by atoms with Crippen molar-refractivity contribution in [2.45, 2.75) is 65.0 Å². The molecule has 0 radical (unpaired) electrons. The van der Waals surface area contributed by atoms with Gasteiger partial charge in [-0.05, 0) is 57.2 Å². The molecule has 5 aromatic rings. The van der Waals surface area contributed by atoms with Crippen molar-refractivity contribution in [3.8, 4) is 0 Å². The summed E-state index contributed by atoms with van der Waals surface area (Å²) in [6.45, 7) is 9.54. The van der Waals surface area contributed by atoms with Gasteiger partial charge >= 0.3 is 6.09 Å². The van der Waals surface area contributed by atoms with Crippen molar-refractivity contribution in [2.75, 3.05) is 101 Å². The number of halogens is 3. The number of aromatic nitrogens is 4. The largest absolute Gasteiger partial charge is 0.465 e. The van der Waals surface area contributed by atoms with Gasteiger partial charge in [0.2, 0.25) is 11.8 Å². The molecule has 8 rings (SSSR count). The molecule has 3 fully saturated rings. The minimum Gasteiger partial charge on any atom is -0.465 e. The number of amides is 6. The normalized spacial score (nSPS) is 16.2. The van der Waals surface area contributed by atoms with Crippen LogP contribution in [0.25, 0.3) is 10.9 Å². The summed E-state index contributed by atoms with van der Waals surface area (Å²) < 4.78 is 36.7. The Morgan fingerprint density at radius 3 is 2.31 bits per heavy atom. The van der Waals surface area contributed by atoms with Crippen LogP contribution in [-0.4, -0.2) is 178 Å². The zero-order chi connectivity index (χ0) is 55.1. The van der Waals surface area contributed by atoms with Crippen molar-refractivity contribution in [2.24, 2.45) is 13.0 Å². The zero-order valence-electron chi connectivity index (χ0n) is 43.7. The van der Waals surface area contributed by atoms with Gasteiger partial charge in [0.15, 0.2) is 16.8 Å². The fourth-order valence-electron chi connectivity index (χ4n) is 9.96. The number of hydrogen-bond acceptors (Lipinski definition) is 14. The number of anilines is 4. The average Bonchev–Trinajstić information content (AvgIpc) is 4.13. The highest BCUT2D eigenvalue weighted by Gasteiger charge is 2.38. The molecular weight excluding hydrogens is 1040 g/mol. The molecule has 5 N–H and O–H groups in total. The first-order valence-electron chi connectivity index (χ1n) is 25.7. The first-order valence-corrected chi connectivity index (χ1v) is 26.9. The number of carbonyl (C=O) groups is 6. The predicted molar refractivity (Wildman–Crippen MR) is 287 cm³/mol. The number of aryl methyl sites for hydroxylation is 3. The number of ether oxygens (including phenoxy) is 1. The van der Waals surface area contributed by atoms with Crippen LogP contribution in [0, 0.1) is 31.4 Å². The van der Waals surface area contributed by atoms with Crippen LogP contribution >= 0.6 is 22.9 Å². The van der Waals surface area contributed by atoms with Gasteiger partial charge in [0, 0.05) is 97.1 Å². The third kappa shape index (κ3) is 13.2. The molecule has 0 unspecified atom stereocenters. The summed E-state index contributed by atoms with van der Waals surface area (Å²) in [6.07, 6.45) is 4.46. The first-order chi connectivity index (χ1) is 36.9. The lowest BCUT2D eigenvalue weighted by Crippen LogP contribution is -2.59. The van der Waals surface area contributed by atoms with Crippen molar-refractivity contribution in [1.29, 1.82) is 0 Å². The van der Waals surface area contributed by atoms with Crippen LogP contribution in [0.3, 0.4) is 0 Å². The minimum absolute atomic E-state index is 0.0553. The summed E-state index contributed by atoms with van der Waals surface area (Å²) in [5, 5.41) is 22.1. The van der Waals surface area contributed by atoms with E-state index in [4.69, 9.17) is 16.3 Å². The number of hydrogen-bond donors (Lipinski definition) is 5. The Kier molecular flexibility index (Phi) is 18.2. The second kappa shape index (κ2) is 25.0. The number of carboxylic acid groups (broad SMARTS) is 1. The topological polar surface area (TPSA) is 240 Å². The summed E-state index contributed by atoms with van der Waals surface area (Å²) in [4.78, 5) is 103. The molecule has 0 bridgehead atoms. The number of piperazine rings is 2. The van der Waals surface area contributed by atoms with Crippen LogP contribution in [0.4, 0.5) is 36.0 Å². The number of benzene rings is 2. The Balaban J connectivity index is 0.815. The van der Waals surface area contributed by atoms with Gasteiger partial charge in [0.1, 0.15) is 40.1 Å². The molecule has 6 amide bonds. The Labute approximate surface area is 453 Å². The van der Waals surface area contributed by atoms with Crippen molar-refractivity contribution in [3.05, 3.63) is 86.8 Å². The van der Waals surface area contributed by atoms with Crippen LogP contribution < -0.4 is 26.2 Å². The van der Waals surface area contributed by atoms with Crippen LogP contribution in [0.5, 0.6) is 0 Å². The van der Waals surface area contributed by atoms with Gasteiger partial charge in [-0.3, -0.25) is 33.8 Å². The summed E-state index contributed by atoms with van der Waals surface area (Å²) in [5.74, 6) is -3.08. The lowest BCUT2D eigenvalue weighted by Gasteiger charge is -2.39. The van der Waals surface area contributed by atoms with Crippen molar-refractivity contribution < 1.29 is 47.4 Å².